The number of benzene rings is 1. The molecule has 0 unspecified atom stereocenters. The standard InChI is InChI=1S/C8H8BrClO/c9-8-2-1-6(4-10)7(3-8)5-11/h1-3,11H,4-5H2. The van der Waals surface area contributed by atoms with Crippen LogP contribution < -0.4 is 0 Å². The third-order valence-electron chi connectivity index (χ3n) is 1.48. The van der Waals surface area contributed by atoms with Crippen molar-refractivity contribution in [1.82, 2.24) is 0 Å². The van der Waals surface area contributed by atoms with Crippen molar-refractivity contribution in [2.45, 2.75) is 12.5 Å². The summed E-state index contributed by atoms with van der Waals surface area (Å²) in [5, 5.41) is 8.89. The number of aliphatic hydroxyl groups is 1. The molecule has 1 aromatic rings. The van der Waals surface area contributed by atoms with Gasteiger partial charge in [-0.05, 0) is 23.3 Å². The predicted molar refractivity (Wildman–Crippen MR) is 49.6 cm³/mol. The van der Waals surface area contributed by atoms with Gasteiger partial charge in [-0.15, -0.1) is 11.6 Å². The Bertz CT molecular complexity index is 250. The van der Waals surface area contributed by atoms with E-state index < -0.39 is 0 Å². The maximum absolute atomic E-state index is 8.89. The third-order valence-corrected chi connectivity index (χ3v) is 2.26. The SMILES string of the molecule is OCc1cc(Br)ccc1CCl. The molecule has 0 bridgehead atoms. The van der Waals surface area contributed by atoms with Crippen molar-refractivity contribution in [3.8, 4) is 0 Å². The smallest absolute Gasteiger partial charge is 0.0685 e. The number of rotatable bonds is 2. The van der Waals surface area contributed by atoms with Gasteiger partial charge in [0.2, 0.25) is 0 Å². The molecule has 1 nitrogen and oxygen atoms in total. The zero-order chi connectivity index (χ0) is 8.27. The van der Waals surface area contributed by atoms with Gasteiger partial charge in [0.05, 0.1) is 6.61 Å². The van der Waals surface area contributed by atoms with Crippen molar-refractivity contribution in [1.29, 1.82) is 0 Å². The first-order chi connectivity index (χ1) is 5.27. The average Bonchev–Trinajstić information content (AvgIpc) is 2.04. The lowest BCUT2D eigenvalue weighted by Crippen LogP contribution is -1.90. The lowest BCUT2D eigenvalue weighted by atomic mass is 10.1. The topological polar surface area (TPSA) is 20.2 Å². The molecular weight excluding hydrogens is 227 g/mol. The molecule has 0 aliphatic carbocycles. The Morgan fingerprint density at radius 2 is 2.09 bits per heavy atom. The largest absolute Gasteiger partial charge is 0.392 e. The number of alkyl halides is 1. The van der Waals surface area contributed by atoms with E-state index in [0.717, 1.165) is 15.6 Å². The second-order valence-electron chi connectivity index (χ2n) is 2.20. The fraction of sp³-hybridized carbons (Fsp3) is 0.250. The van der Waals surface area contributed by atoms with Crippen LogP contribution in [0.4, 0.5) is 0 Å². The Labute approximate surface area is 79.1 Å². The molecule has 3 heteroatoms. The molecule has 60 valence electrons. The normalized spacial score (nSPS) is 10.1. The van der Waals surface area contributed by atoms with E-state index in [2.05, 4.69) is 15.9 Å². The Kier molecular flexibility index (Phi) is 3.37. The summed E-state index contributed by atoms with van der Waals surface area (Å²) in [5.74, 6) is 0.448. The quantitative estimate of drug-likeness (QED) is 0.782. The molecular formula is C8H8BrClO. The number of aliphatic hydroxyl groups excluding tert-OH is 1. The molecule has 0 aliphatic heterocycles. The number of halogens is 2. The van der Waals surface area contributed by atoms with E-state index in [-0.39, 0.29) is 6.61 Å². The van der Waals surface area contributed by atoms with Gasteiger partial charge in [0.1, 0.15) is 0 Å². The average molecular weight is 236 g/mol. The summed E-state index contributed by atoms with van der Waals surface area (Å²) < 4.78 is 0.968. The van der Waals surface area contributed by atoms with E-state index in [4.69, 9.17) is 16.7 Å². The molecule has 0 saturated heterocycles. The molecule has 0 heterocycles. The van der Waals surface area contributed by atoms with E-state index in [9.17, 15) is 0 Å². The molecule has 1 rings (SSSR count). The van der Waals surface area contributed by atoms with Crippen LogP contribution in [0.5, 0.6) is 0 Å². The second kappa shape index (κ2) is 4.10. The molecule has 0 spiro atoms. The molecule has 0 radical (unpaired) electrons. The van der Waals surface area contributed by atoms with Crippen molar-refractivity contribution in [3.63, 3.8) is 0 Å². The van der Waals surface area contributed by atoms with Gasteiger partial charge < -0.3 is 5.11 Å². The van der Waals surface area contributed by atoms with Gasteiger partial charge in [-0.3, -0.25) is 0 Å². The molecule has 0 atom stereocenters. The Balaban J connectivity index is 3.06. The van der Waals surface area contributed by atoms with Crippen LogP contribution in [0.15, 0.2) is 22.7 Å². The van der Waals surface area contributed by atoms with Crippen LogP contribution in [-0.4, -0.2) is 5.11 Å². The van der Waals surface area contributed by atoms with E-state index in [1.807, 2.05) is 18.2 Å². The van der Waals surface area contributed by atoms with Crippen LogP contribution in [0.2, 0.25) is 0 Å². The molecule has 0 amide bonds. The van der Waals surface area contributed by atoms with E-state index in [1.54, 1.807) is 0 Å². The maximum atomic E-state index is 8.89. The molecule has 0 fully saturated rings. The molecule has 11 heavy (non-hydrogen) atoms. The first-order valence-corrected chi connectivity index (χ1v) is 4.55. The van der Waals surface area contributed by atoms with Crippen molar-refractivity contribution >= 4 is 27.5 Å². The van der Waals surface area contributed by atoms with Gasteiger partial charge in [0.25, 0.3) is 0 Å². The minimum absolute atomic E-state index is 0.0431. The van der Waals surface area contributed by atoms with Crippen LogP contribution in [0.3, 0.4) is 0 Å². The monoisotopic (exact) mass is 234 g/mol. The van der Waals surface area contributed by atoms with Crippen LogP contribution in [0.1, 0.15) is 11.1 Å². The van der Waals surface area contributed by atoms with Crippen LogP contribution in [-0.2, 0) is 12.5 Å². The summed E-state index contributed by atoms with van der Waals surface area (Å²) in [5.41, 5.74) is 1.87. The zero-order valence-electron chi connectivity index (χ0n) is 5.85. The third kappa shape index (κ3) is 2.19. The highest BCUT2D eigenvalue weighted by molar-refractivity contribution is 9.10. The molecule has 0 aliphatic rings. The van der Waals surface area contributed by atoms with Crippen molar-refractivity contribution in [3.05, 3.63) is 33.8 Å². The van der Waals surface area contributed by atoms with E-state index in [1.165, 1.54) is 0 Å². The molecule has 1 N–H and O–H groups in total. The zero-order valence-corrected chi connectivity index (χ0v) is 8.19. The summed E-state index contributed by atoms with van der Waals surface area (Å²) in [6.45, 7) is 0.0431. The molecule has 0 saturated carbocycles. The van der Waals surface area contributed by atoms with E-state index in [0.29, 0.717) is 5.88 Å². The highest BCUT2D eigenvalue weighted by Gasteiger charge is 1.99. The minimum Gasteiger partial charge on any atom is -0.392 e. The van der Waals surface area contributed by atoms with Crippen molar-refractivity contribution in [2.75, 3.05) is 0 Å². The molecule has 1 aromatic carbocycles. The first kappa shape index (κ1) is 9.04. The highest BCUT2D eigenvalue weighted by Crippen LogP contribution is 2.17. The summed E-state index contributed by atoms with van der Waals surface area (Å²) in [4.78, 5) is 0. The number of hydrogen-bond donors (Lipinski definition) is 1. The Hall–Kier alpha value is -0.0500. The van der Waals surface area contributed by atoms with E-state index >= 15 is 0 Å². The maximum Gasteiger partial charge on any atom is 0.0685 e. The van der Waals surface area contributed by atoms with Gasteiger partial charge in [-0.1, -0.05) is 22.0 Å². The van der Waals surface area contributed by atoms with Gasteiger partial charge in [-0.25, -0.2) is 0 Å². The first-order valence-electron chi connectivity index (χ1n) is 3.22. The summed E-state index contributed by atoms with van der Waals surface area (Å²) in [6.07, 6.45) is 0. The van der Waals surface area contributed by atoms with Crippen LogP contribution in [0.25, 0.3) is 0 Å². The summed E-state index contributed by atoms with van der Waals surface area (Å²) in [6, 6.07) is 5.69. The summed E-state index contributed by atoms with van der Waals surface area (Å²) in [7, 11) is 0. The lowest BCUT2D eigenvalue weighted by Gasteiger charge is -2.03. The number of hydrogen-bond acceptors (Lipinski definition) is 1. The van der Waals surface area contributed by atoms with Gasteiger partial charge in [0.15, 0.2) is 0 Å². The van der Waals surface area contributed by atoms with Crippen LogP contribution in [0, 0.1) is 0 Å². The Morgan fingerprint density at radius 1 is 1.36 bits per heavy atom. The van der Waals surface area contributed by atoms with Crippen LogP contribution >= 0.6 is 27.5 Å². The summed E-state index contributed by atoms with van der Waals surface area (Å²) >= 11 is 8.95. The van der Waals surface area contributed by atoms with Gasteiger partial charge in [0, 0.05) is 10.4 Å². The van der Waals surface area contributed by atoms with Crippen molar-refractivity contribution in [2.24, 2.45) is 0 Å². The Morgan fingerprint density at radius 3 is 2.64 bits per heavy atom. The van der Waals surface area contributed by atoms with Gasteiger partial charge in [-0.2, -0.15) is 0 Å². The predicted octanol–water partition coefficient (Wildman–Crippen LogP) is 2.68. The second-order valence-corrected chi connectivity index (χ2v) is 3.39. The molecule has 0 aromatic heterocycles. The minimum atomic E-state index is 0.0431. The fourth-order valence-corrected chi connectivity index (χ4v) is 1.54. The van der Waals surface area contributed by atoms with Crippen molar-refractivity contribution < 1.29 is 5.11 Å². The van der Waals surface area contributed by atoms with Gasteiger partial charge >= 0.3 is 0 Å². The fourth-order valence-electron chi connectivity index (χ4n) is 0.872. The highest BCUT2D eigenvalue weighted by atomic mass is 79.9. The lowest BCUT2D eigenvalue weighted by molar-refractivity contribution is 0.281.